The van der Waals surface area contributed by atoms with Gasteiger partial charge in [0.25, 0.3) is 0 Å². The van der Waals surface area contributed by atoms with Gasteiger partial charge in [0.2, 0.25) is 5.91 Å². The van der Waals surface area contributed by atoms with Gasteiger partial charge in [-0.3, -0.25) is 9.48 Å². The van der Waals surface area contributed by atoms with Crippen molar-refractivity contribution in [2.24, 2.45) is 0 Å². The van der Waals surface area contributed by atoms with E-state index >= 15 is 0 Å². The van der Waals surface area contributed by atoms with Gasteiger partial charge in [-0.25, -0.2) is 0 Å². The molecule has 0 bridgehead atoms. The van der Waals surface area contributed by atoms with E-state index in [1.54, 1.807) is 4.68 Å². The lowest BCUT2D eigenvalue weighted by atomic mass is 9.99. The molecular weight excluding hydrogens is 346 g/mol. The minimum Gasteiger partial charge on any atom is -0.347 e. The van der Waals surface area contributed by atoms with Gasteiger partial charge in [-0.2, -0.15) is 5.10 Å². The molecule has 0 aliphatic heterocycles. The highest BCUT2D eigenvalue weighted by Crippen LogP contribution is 2.20. The summed E-state index contributed by atoms with van der Waals surface area (Å²) >= 11 is 6.18. The van der Waals surface area contributed by atoms with Crippen LogP contribution >= 0.6 is 11.6 Å². The van der Waals surface area contributed by atoms with E-state index in [1.807, 2.05) is 62.4 Å². The molecule has 3 aromatic rings. The lowest BCUT2D eigenvalue weighted by Crippen LogP contribution is -2.33. The van der Waals surface area contributed by atoms with E-state index < -0.39 is 0 Å². The third-order valence-electron chi connectivity index (χ3n) is 4.41. The number of carbonyl (C=O) groups is 1. The number of nitrogens with zero attached hydrogens (tertiary/aromatic N) is 2. The van der Waals surface area contributed by atoms with Crippen LogP contribution in [-0.4, -0.2) is 15.7 Å². The fourth-order valence-corrected chi connectivity index (χ4v) is 3.13. The average Bonchev–Trinajstić information content (AvgIpc) is 2.89. The Kier molecular flexibility index (Phi) is 5.74. The molecular formula is C21H22ClN3O. The van der Waals surface area contributed by atoms with Crippen molar-refractivity contribution in [3.8, 4) is 0 Å². The summed E-state index contributed by atoms with van der Waals surface area (Å²) < 4.78 is 1.65. The van der Waals surface area contributed by atoms with Gasteiger partial charge < -0.3 is 5.32 Å². The Balaban J connectivity index is 1.76. The summed E-state index contributed by atoms with van der Waals surface area (Å²) in [4.78, 5) is 12.6. The Hall–Kier alpha value is -2.59. The molecule has 4 nitrogen and oxygen atoms in total. The molecule has 0 saturated heterocycles. The summed E-state index contributed by atoms with van der Waals surface area (Å²) in [6.45, 7) is 3.86. The molecule has 1 unspecified atom stereocenters. The van der Waals surface area contributed by atoms with Gasteiger partial charge in [0.05, 0.1) is 22.5 Å². The number of rotatable bonds is 6. The number of benzene rings is 2. The van der Waals surface area contributed by atoms with Crippen molar-refractivity contribution < 1.29 is 4.79 Å². The second kappa shape index (κ2) is 8.19. The SMILES string of the molecule is Cc1nn(CC(=O)NC(Cc2ccccc2)c2ccccc2)c(C)c1Cl. The first kappa shape index (κ1) is 18.2. The maximum absolute atomic E-state index is 12.6. The van der Waals surface area contributed by atoms with Crippen molar-refractivity contribution in [1.29, 1.82) is 0 Å². The van der Waals surface area contributed by atoms with E-state index in [0.717, 1.165) is 23.4 Å². The van der Waals surface area contributed by atoms with Crippen molar-refractivity contribution in [2.45, 2.75) is 32.9 Å². The third-order valence-corrected chi connectivity index (χ3v) is 4.95. The number of aromatic nitrogens is 2. The molecule has 0 saturated carbocycles. The van der Waals surface area contributed by atoms with Crippen molar-refractivity contribution >= 4 is 17.5 Å². The molecule has 3 rings (SSSR count). The zero-order valence-corrected chi connectivity index (χ0v) is 15.7. The molecule has 1 amide bonds. The number of halogens is 1. The predicted molar refractivity (Wildman–Crippen MR) is 104 cm³/mol. The highest BCUT2D eigenvalue weighted by molar-refractivity contribution is 6.31. The number of hydrogen-bond acceptors (Lipinski definition) is 2. The van der Waals surface area contributed by atoms with Crippen LogP contribution in [-0.2, 0) is 17.8 Å². The van der Waals surface area contributed by atoms with Crippen LogP contribution in [0.15, 0.2) is 60.7 Å². The lowest BCUT2D eigenvalue weighted by molar-refractivity contribution is -0.122. The van der Waals surface area contributed by atoms with Gasteiger partial charge in [0.15, 0.2) is 0 Å². The Bertz CT molecular complexity index is 875. The van der Waals surface area contributed by atoms with Crippen LogP contribution in [0.4, 0.5) is 0 Å². The molecule has 26 heavy (non-hydrogen) atoms. The van der Waals surface area contributed by atoms with E-state index in [0.29, 0.717) is 5.02 Å². The van der Waals surface area contributed by atoms with Crippen LogP contribution in [0.1, 0.15) is 28.6 Å². The van der Waals surface area contributed by atoms with Crippen LogP contribution in [0.3, 0.4) is 0 Å². The topological polar surface area (TPSA) is 46.9 Å². The number of carbonyl (C=O) groups excluding carboxylic acids is 1. The van der Waals surface area contributed by atoms with E-state index in [9.17, 15) is 4.79 Å². The summed E-state index contributed by atoms with van der Waals surface area (Å²) in [5, 5.41) is 8.09. The molecule has 2 aromatic carbocycles. The molecule has 1 atom stereocenters. The Labute approximate surface area is 158 Å². The fourth-order valence-electron chi connectivity index (χ4n) is 2.99. The summed E-state index contributed by atoms with van der Waals surface area (Å²) in [5.74, 6) is -0.0861. The number of nitrogens with one attached hydrogen (secondary N) is 1. The Morgan fingerprint density at radius 3 is 2.27 bits per heavy atom. The smallest absolute Gasteiger partial charge is 0.242 e. The fraction of sp³-hybridized carbons (Fsp3) is 0.238. The molecule has 0 spiro atoms. The molecule has 5 heteroatoms. The zero-order chi connectivity index (χ0) is 18.5. The number of amides is 1. The molecule has 1 N–H and O–H groups in total. The number of hydrogen-bond donors (Lipinski definition) is 1. The van der Waals surface area contributed by atoms with Gasteiger partial charge in [0, 0.05) is 0 Å². The quantitative estimate of drug-likeness (QED) is 0.707. The van der Waals surface area contributed by atoms with Crippen molar-refractivity contribution in [3.05, 3.63) is 88.2 Å². The van der Waals surface area contributed by atoms with Crippen molar-refractivity contribution in [3.63, 3.8) is 0 Å². The maximum atomic E-state index is 12.6. The standard InChI is InChI=1S/C21H22ClN3O/c1-15-21(22)16(2)25(24-15)14-20(26)23-19(18-11-7-4-8-12-18)13-17-9-5-3-6-10-17/h3-12,19H,13-14H2,1-2H3,(H,23,26). The Morgan fingerprint density at radius 2 is 1.69 bits per heavy atom. The first-order chi connectivity index (χ1) is 12.5. The first-order valence-electron chi connectivity index (χ1n) is 8.62. The summed E-state index contributed by atoms with van der Waals surface area (Å²) in [6.07, 6.45) is 0.731. The highest BCUT2D eigenvalue weighted by Gasteiger charge is 2.17. The van der Waals surface area contributed by atoms with Gasteiger partial charge in [-0.1, -0.05) is 72.3 Å². The molecule has 1 heterocycles. The predicted octanol–water partition coefficient (Wildman–Crippen LogP) is 4.25. The monoisotopic (exact) mass is 367 g/mol. The van der Waals surface area contributed by atoms with Gasteiger partial charge >= 0.3 is 0 Å². The van der Waals surface area contributed by atoms with Crippen molar-refractivity contribution in [1.82, 2.24) is 15.1 Å². The molecule has 0 fully saturated rings. The Morgan fingerprint density at radius 1 is 1.08 bits per heavy atom. The molecule has 0 radical (unpaired) electrons. The van der Waals surface area contributed by atoms with E-state index in [4.69, 9.17) is 11.6 Å². The average molecular weight is 368 g/mol. The van der Waals surface area contributed by atoms with Gasteiger partial charge in [-0.05, 0) is 31.4 Å². The van der Waals surface area contributed by atoms with Crippen LogP contribution in [0.25, 0.3) is 0 Å². The first-order valence-corrected chi connectivity index (χ1v) is 9.00. The summed E-state index contributed by atoms with van der Waals surface area (Å²) in [7, 11) is 0. The summed E-state index contributed by atoms with van der Waals surface area (Å²) in [5.41, 5.74) is 3.80. The van der Waals surface area contributed by atoms with Gasteiger partial charge in [0.1, 0.15) is 6.54 Å². The van der Waals surface area contributed by atoms with Crippen LogP contribution in [0, 0.1) is 13.8 Å². The minimum absolute atomic E-state index is 0.0861. The molecule has 0 aliphatic rings. The zero-order valence-electron chi connectivity index (χ0n) is 14.9. The van der Waals surface area contributed by atoms with Crippen molar-refractivity contribution in [2.75, 3.05) is 0 Å². The number of aryl methyl sites for hydroxylation is 1. The highest BCUT2D eigenvalue weighted by atomic mass is 35.5. The minimum atomic E-state index is -0.0986. The maximum Gasteiger partial charge on any atom is 0.242 e. The molecule has 134 valence electrons. The van der Waals surface area contributed by atoms with Crippen LogP contribution in [0.5, 0.6) is 0 Å². The molecule has 0 aliphatic carbocycles. The van der Waals surface area contributed by atoms with Gasteiger partial charge in [-0.15, -0.1) is 0 Å². The third kappa shape index (κ3) is 4.33. The molecule has 1 aromatic heterocycles. The summed E-state index contributed by atoms with van der Waals surface area (Å²) in [6, 6.07) is 20.1. The van der Waals surface area contributed by atoms with E-state index in [-0.39, 0.29) is 18.5 Å². The normalized spacial score (nSPS) is 12.0. The van der Waals surface area contributed by atoms with Crippen LogP contribution in [0.2, 0.25) is 5.02 Å². The largest absolute Gasteiger partial charge is 0.347 e. The second-order valence-corrected chi connectivity index (χ2v) is 6.74. The second-order valence-electron chi connectivity index (χ2n) is 6.36. The van der Waals surface area contributed by atoms with E-state index in [1.165, 1.54) is 5.56 Å². The van der Waals surface area contributed by atoms with E-state index in [2.05, 4.69) is 22.5 Å². The lowest BCUT2D eigenvalue weighted by Gasteiger charge is -2.20. The van der Waals surface area contributed by atoms with Crippen LogP contribution < -0.4 is 5.32 Å².